The highest BCUT2D eigenvalue weighted by atomic mass is 15.2. The smallest absolute Gasteiger partial charge is 0.0206 e. The largest absolute Gasteiger partial charge is 0.315 e. The average molecular weight is 299 g/mol. The summed E-state index contributed by atoms with van der Waals surface area (Å²) in [5, 5.41) is 6.64. The van der Waals surface area contributed by atoms with E-state index in [2.05, 4.69) is 34.5 Å². The van der Waals surface area contributed by atoms with Crippen LogP contribution in [-0.2, 0) is 0 Å². The molecule has 0 aromatic heterocycles. The fourth-order valence-corrected chi connectivity index (χ4v) is 3.73. The van der Waals surface area contributed by atoms with Crippen molar-refractivity contribution in [3.8, 4) is 0 Å². The highest BCUT2D eigenvalue weighted by Crippen LogP contribution is 2.33. The van der Waals surface area contributed by atoms with Gasteiger partial charge >= 0.3 is 0 Å². The number of nitrogens with one attached hydrogen (secondary N) is 2. The number of likely N-dealkylation sites (tertiary alicyclic amines) is 2. The molecular weight excluding hydrogens is 260 g/mol. The first-order chi connectivity index (χ1) is 10.1. The van der Waals surface area contributed by atoms with Crippen LogP contribution in [0.5, 0.6) is 0 Å². The third-order valence-electron chi connectivity index (χ3n) is 4.84. The van der Waals surface area contributed by atoms with Gasteiger partial charge in [0.05, 0.1) is 0 Å². The topological polar surface area (TPSA) is 30.5 Å². The van der Waals surface area contributed by atoms with Crippen LogP contribution in [0.4, 0.5) is 0 Å². The Morgan fingerprint density at radius 2 is 1.10 bits per heavy atom. The summed E-state index contributed by atoms with van der Waals surface area (Å²) in [6.45, 7) is 18.3. The Balaban J connectivity index is 0.000000171. The summed E-state index contributed by atoms with van der Waals surface area (Å²) in [5.74, 6) is 0. The number of hydrogen-bond acceptors (Lipinski definition) is 4. The Morgan fingerprint density at radius 1 is 0.667 bits per heavy atom. The molecule has 2 N–H and O–H groups in total. The lowest BCUT2D eigenvalue weighted by molar-refractivity contribution is -0.0218. The van der Waals surface area contributed by atoms with Gasteiger partial charge in [0, 0.05) is 56.6 Å². The molecule has 0 amide bonds. The van der Waals surface area contributed by atoms with Gasteiger partial charge in [0.2, 0.25) is 0 Å². The minimum absolute atomic E-state index is 0.703. The Kier molecular flexibility index (Phi) is 7.62. The van der Waals surface area contributed by atoms with Crippen LogP contribution in [0.25, 0.3) is 0 Å². The number of nitrogens with zero attached hydrogens (tertiary/aromatic N) is 2. The second-order valence-corrected chi connectivity index (χ2v) is 6.87. The van der Waals surface area contributed by atoms with Gasteiger partial charge in [-0.2, -0.15) is 0 Å². The van der Waals surface area contributed by atoms with Gasteiger partial charge in [0.1, 0.15) is 0 Å². The molecule has 4 nitrogen and oxygen atoms in total. The van der Waals surface area contributed by atoms with Gasteiger partial charge in [-0.25, -0.2) is 0 Å². The predicted octanol–water partition coefficient (Wildman–Crippen LogP) is 1.49. The van der Waals surface area contributed by atoms with Crippen LogP contribution in [-0.4, -0.2) is 76.3 Å². The average Bonchev–Trinajstić information content (AvgIpc) is 2.81. The normalized spacial score (nSPS) is 27.7. The highest BCUT2D eigenvalue weighted by Gasteiger charge is 2.45. The van der Waals surface area contributed by atoms with Gasteiger partial charge in [-0.05, 0) is 27.1 Å². The van der Waals surface area contributed by atoms with Gasteiger partial charge in [-0.15, -0.1) is 0 Å². The van der Waals surface area contributed by atoms with Crippen molar-refractivity contribution in [3.63, 3.8) is 0 Å². The van der Waals surface area contributed by atoms with Crippen molar-refractivity contribution in [2.75, 3.05) is 66.5 Å². The van der Waals surface area contributed by atoms with Crippen LogP contribution in [0.2, 0.25) is 0 Å². The van der Waals surface area contributed by atoms with Crippen LogP contribution in [0, 0.1) is 10.8 Å². The standard InChI is InChI=1S/C7H14N2.C6H12N2.2C2H6/c1-9-3-2-7(6-9)4-8-5-7;1-8-4-6(5-8)2-7-3-6;2*1-2/h8H,2-6H2,1H3;7H,2-5H2,1H3;2*1-2H3. The first kappa shape index (κ1) is 18.9. The van der Waals surface area contributed by atoms with E-state index >= 15 is 0 Å². The summed E-state index contributed by atoms with van der Waals surface area (Å²) >= 11 is 0. The quantitative estimate of drug-likeness (QED) is 0.709. The van der Waals surface area contributed by atoms with Crippen LogP contribution < -0.4 is 10.6 Å². The Hall–Kier alpha value is -0.160. The van der Waals surface area contributed by atoms with Crippen molar-refractivity contribution in [3.05, 3.63) is 0 Å². The molecule has 4 heteroatoms. The van der Waals surface area contributed by atoms with E-state index in [1.165, 1.54) is 58.8 Å². The molecule has 0 unspecified atom stereocenters. The lowest BCUT2D eigenvalue weighted by Gasteiger charge is -2.55. The number of hydrogen-bond donors (Lipinski definition) is 2. The maximum absolute atomic E-state index is 3.34. The Morgan fingerprint density at radius 3 is 1.24 bits per heavy atom. The lowest BCUT2D eigenvalue weighted by Crippen LogP contribution is -2.69. The van der Waals surface area contributed by atoms with E-state index < -0.39 is 0 Å². The van der Waals surface area contributed by atoms with E-state index in [1.807, 2.05) is 27.7 Å². The molecule has 126 valence electrons. The molecule has 0 saturated carbocycles. The van der Waals surface area contributed by atoms with Crippen molar-refractivity contribution < 1.29 is 0 Å². The van der Waals surface area contributed by atoms with Gasteiger partial charge in [0.25, 0.3) is 0 Å². The maximum Gasteiger partial charge on any atom is 0.0206 e. The molecule has 4 heterocycles. The summed E-state index contributed by atoms with van der Waals surface area (Å²) in [6, 6.07) is 0. The van der Waals surface area contributed by atoms with Crippen LogP contribution >= 0.6 is 0 Å². The van der Waals surface area contributed by atoms with E-state index in [9.17, 15) is 0 Å². The first-order valence-electron chi connectivity index (χ1n) is 8.90. The molecule has 0 aliphatic carbocycles. The molecule has 0 aromatic carbocycles. The van der Waals surface area contributed by atoms with Gasteiger partial charge < -0.3 is 20.4 Å². The molecule has 4 aliphatic heterocycles. The van der Waals surface area contributed by atoms with E-state index in [0.717, 1.165) is 5.41 Å². The third-order valence-corrected chi connectivity index (χ3v) is 4.84. The van der Waals surface area contributed by atoms with Crippen LogP contribution in [0.1, 0.15) is 34.1 Å². The molecule has 4 saturated heterocycles. The third kappa shape index (κ3) is 4.65. The molecule has 0 bridgehead atoms. The summed E-state index contributed by atoms with van der Waals surface area (Å²) in [5.41, 5.74) is 1.43. The zero-order chi connectivity index (χ0) is 15.9. The monoisotopic (exact) mass is 298 g/mol. The van der Waals surface area contributed by atoms with E-state index in [4.69, 9.17) is 0 Å². The number of rotatable bonds is 0. The fraction of sp³-hybridized carbons (Fsp3) is 1.00. The molecule has 0 atom stereocenters. The van der Waals surface area contributed by atoms with Crippen molar-refractivity contribution in [2.45, 2.75) is 34.1 Å². The molecule has 0 aromatic rings. The van der Waals surface area contributed by atoms with E-state index in [0.29, 0.717) is 5.41 Å². The fourth-order valence-electron chi connectivity index (χ4n) is 3.73. The van der Waals surface area contributed by atoms with Crippen molar-refractivity contribution in [2.24, 2.45) is 10.8 Å². The molecule has 21 heavy (non-hydrogen) atoms. The van der Waals surface area contributed by atoms with Gasteiger partial charge in [-0.3, -0.25) is 0 Å². The van der Waals surface area contributed by atoms with Crippen molar-refractivity contribution >= 4 is 0 Å². The Bertz CT molecular complexity index is 277. The molecule has 4 rings (SSSR count). The molecular formula is C17H38N4. The van der Waals surface area contributed by atoms with Crippen LogP contribution in [0.15, 0.2) is 0 Å². The minimum Gasteiger partial charge on any atom is -0.315 e. The summed E-state index contributed by atoms with van der Waals surface area (Å²) in [6.07, 6.45) is 1.41. The molecule has 0 radical (unpaired) electrons. The second-order valence-electron chi connectivity index (χ2n) is 6.87. The van der Waals surface area contributed by atoms with Gasteiger partial charge in [0.15, 0.2) is 0 Å². The zero-order valence-corrected chi connectivity index (χ0v) is 15.3. The SMILES string of the molecule is CC.CC.CN1CC2(CNC2)C1.CN1CCC2(CNC2)C1. The summed E-state index contributed by atoms with van der Waals surface area (Å²) in [4.78, 5) is 4.81. The Labute approximate surface area is 132 Å². The zero-order valence-electron chi connectivity index (χ0n) is 15.3. The summed E-state index contributed by atoms with van der Waals surface area (Å²) < 4.78 is 0. The van der Waals surface area contributed by atoms with E-state index in [-0.39, 0.29) is 0 Å². The minimum atomic E-state index is 0.703. The molecule has 4 aliphatic rings. The van der Waals surface area contributed by atoms with Crippen molar-refractivity contribution in [1.29, 1.82) is 0 Å². The summed E-state index contributed by atoms with van der Waals surface area (Å²) in [7, 11) is 4.40. The van der Waals surface area contributed by atoms with Gasteiger partial charge in [-0.1, -0.05) is 27.7 Å². The van der Waals surface area contributed by atoms with Crippen LogP contribution in [0.3, 0.4) is 0 Å². The van der Waals surface area contributed by atoms with Crippen molar-refractivity contribution in [1.82, 2.24) is 20.4 Å². The maximum atomic E-state index is 3.34. The van der Waals surface area contributed by atoms with E-state index in [1.54, 1.807) is 0 Å². The predicted molar refractivity (Wildman–Crippen MR) is 92.9 cm³/mol. The first-order valence-corrected chi connectivity index (χ1v) is 8.90. The second kappa shape index (κ2) is 8.47. The highest BCUT2D eigenvalue weighted by molar-refractivity contribution is 5.02. The molecule has 4 fully saturated rings. The molecule has 2 spiro atoms. The lowest BCUT2D eigenvalue weighted by atomic mass is 9.75.